The standard InChI is InChI=1S/C25H18/c1-17-10-11-22-14-20-8-4-5-9-21(20)16-24(22)25(17)23-13-12-18-6-2-3-7-19(18)15-23/h2-16H,1H3. The summed E-state index contributed by atoms with van der Waals surface area (Å²) < 4.78 is 0. The lowest BCUT2D eigenvalue weighted by atomic mass is 9.91. The molecule has 0 aliphatic heterocycles. The fourth-order valence-electron chi connectivity index (χ4n) is 3.85. The Hall–Kier alpha value is -3.12. The third-order valence-electron chi connectivity index (χ3n) is 5.13. The van der Waals surface area contributed by atoms with Gasteiger partial charge in [0.15, 0.2) is 0 Å². The van der Waals surface area contributed by atoms with Crippen molar-refractivity contribution in [2.45, 2.75) is 6.92 Å². The van der Waals surface area contributed by atoms with Crippen LogP contribution >= 0.6 is 0 Å². The lowest BCUT2D eigenvalue weighted by molar-refractivity contribution is 1.49. The molecule has 0 spiro atoms. The Kier molecular flexibility index (Phi) is 3.11. The van der Waals surface area contributed by atoms with Gasteiger partial charge < -0.3 is 0 Å². The van der Waals surface area contributed by atoms with Gasteiger partial charge in [-0.25, -0.2) is 0 Å². The predicted octanol–water partition coefficient (Wildman–Crippen LogP) is 7.12. The van der Waals surface area contributed by atoms with Crippen molar-refractivity contribution in [2.24, 2.45) is 0 Å². The van der Waals surface area contributed by atoms with Crippen molar-refractivity contribution in [2.75, 3.05) is 0 Å². The SMILES string of the molecule is Cc1ccc2cc3ccccc3cc2c1-c1ccc2ccccc2c1. The van der Waals surface area contributed by atoms with Gasteiger partial charge in [0.25, 0.3) is 0 Å². The largest absolute Gasteiger partial charge is 0.0616 e. The van der Waals surface area contributed by atoms with Gasteiger partial charge in [-0.1, -0.05) is 72.8 Å². The van der Waals surface area contributed by atoms with Crippen molar-refractivity contribution >= 4 is 32.3 Å². The van der Waals surface area contributed by atoms with Crippen LogP contribution in [0.3, 0.4) is 0 Å². The Morgan fingerprint density at radius 2 is 1.08 bits per heavy atom. The molecule has 0 saturated heterocycles. The molecule has 0 fully saturated rings. The summed E-state index contributed by atoms with van der Waals surface area (Å²) >= 11 is 0. The third-order valence-corrected chi connectivity index (χ3v) is 5.13. The summed E-state index contributed by atoms with van der Waals surface area (Å²) in [7, 11) is 0. The van der Waals surface area contributed by atoms with Gasteiger partial charge in [-0.2, -0.15) is 0 Å². The smallest absolute Gasteiger partial charge is 0.00757 e. The zero-order chi connectivity index (χ0) is 16.8. The summed E-state index contributed by atoms with van der Waals surface area (Å²) in [6.45, 7) is 2.21. The van der Waals surface area contributed by atoms with Crippen LogP contribution in [0.5, 0.6) is 0 Å². The molecule has 0 nitrogen and oxygen atoms in total. The van der Waals surface area contributed by atoms with Crippen LogP contribution in [0.2, 0.25) is 0 Å². The normalized spacial score (nSPS) is 11.4. The molecule has 5 aromatic carbocycles. The molecule has 118 valence electrons. The maximum absolute atomic E-state index is 2.34. The van der Waals surface area contributed by atoms with Crippen LogP contribution < -0.4 is 0 Å². The first-order valence-corrected chi connectivity index (χ1v) is 8.71. The van der Waals surface area contributed by atoms with Gasteiger partial charge in [0.05, 0.1) is 0 Å². The summed E-state index contributed by atoms with van der Waals surface area (Å²) in [6.07, 6.45) is 0. The number of aryl methyl sites for hydroxylation is 1. The van der Waals surface area contributed by atoms with Gasteiger partial charge in [0.1, 0.15) is 0 Å². The molecule has 0 aliphatic carbocycles. The number of hydrogen-bond acceptors (Lipinski definition) is 0. The minimum absolute atomic E-state index is 1.29. The molecule has 0 heteroatoms. The van der Waals surface area contributed by atoms with Crippen LogP contribution in [0.1, 0.15) is 5.56 Å². The lowest BCUT2D eigenvalue weighted by Gasteiger charge is -2.13. The van der Waals surface area contributed by atoms with E-state index in [-0.39, 0.29) is 0 Å². The zero-order valence-electron chi connectivity index (χ0n) is 14.2. The average Bonchev–Trinajstić information content (AvgIpc) is 2.66. The molecule has 0 amide bonds. The molecular formula is C25H18. The highest BCUT2D eigenvalue weighted by molar-refractivity contribution is 6.06. The summed E-state index contributed by atoms with van der Waals surface area (Å²) in [4.78, 5) is 0. The Balaban J connectivity index is 1.86. The van der Waals surface area contributed by atoms with Crippen LogP contribution in [0, 0.1) is 6.92 Å². The van der Waals surface area contributed by atoms with Crippen LogP contribution in [0.4, 0.5) is 0 Å². The average molecular weight is 318 g/mol. The van der Waals surface area contributed by atoms with Gasteiger partial charge >= 0.3 is 0 Å². The van der Waals surface area contributed by atoms with Crippen molar-refractivity contribution in [3.63, 3.8) is 0 Å². The number of fused-ring (bicyclic) bond motifs is 3. The molecule has 5 aromatic rings. The van der Waals surface area contributed by atoms with E-state index >= 15 is 0 Å². The first-order chi connectivity index (χ1) is 12.3. The summed E-state index contributed by atoms with van der Waals surface area (Å²) in [5.41, 5.74) is 3.95. The predicted molar refractivity (Wildman–Crippen MR) is 109 cm³/mol. The van der Waals surface area contributed by atoms with E-state index < -0.39 is 0 Å². The highest BCUT2D eigenvalue weighted by atomic mass is 14.1. The van der Waals surface area contributed by atoms with E-state index in [9.17, 15) is 0 Å². The van der Waals surface area contributed by atoms with E-state index in [0.717, 1.165) is 0 Å². The van der Waals surface area contributed by atoms with Gasteiger partial charge in [-0.15, -0.1) is 0 Å². The zero-order valence-corrected chi connectivity index (χ0v) is 14.2. The second kappa shape index (κ2) is 5.46. The molecule has 0 unspecified atom stereocenters. The van der Waals surface area contributed by atoms with Gasteiger partial charge in [0, 0.05) is 0 Å². The van der Waals surface area contributed by atoms with Crippen molar-refractivity contribution < 1.29 is 0 Å². The van der Waals surface area contributed by atoms with Gasteiger partial charge in [0.2, 0.25) is 0 Å². The van der Waals surface area contributed by atoms with Crippen molar-refractivity contribution in [1.29, 1.82) is 0 Å². The van der Waals surface area contributed by atoms with Crippen molar-refractivity contribution in [3.8, 4) is 11.1 Å². The Morgan fingerprint density at radius 1 is 0.480 bits per heavy atom. The van der Waals surface area contributed by atoms with Gasteiger partial charge in [-0.3, -0.25) is 0 Å². The molecular weight excluding hydrogens is 300 g/mol. The molecule has 0 saturated carbocycles. The first kappa shape index (κ1) is 14.2. The molecule has 0 atom stereocenters. The highest BCUT2D eigenvalue weighted by Crippen LogP contribution is 2.35. The van der Waals surface area contributed by atoms with E-state index in [1.54, 1.807) is 0 Å². The maximum Gasteiger partial charge on any atom is -0.00757 e. The highest BCUT2D eigenvalue weighted by Gasteiger charge is 2.09. The molecule has 5 rings (SSSR count). The third kappa shape index (κ3) is 2.30. The molecule has 0 radical (unpaired) electrons. The molecule has 0 heterocycles. The van der Waals surface area contributed by atoms with E-state index in [0.29, 0.717) is 0 Å². The Bertz CT molecular complexity index is 1250. The summed E-state index contributed by atoms with van der Waals surface area (Å²) in [6, 6.07) is 33.1. The second-order valence-electron chi connectivity index (χ2n) is 6.74. The Labute approximate surface area is 147 Å². The number of benzene rings is 5. The minimum atomic E-state index is 1.29. The topological polar surface area (TPSA) is 0 Å². The maximum atomic E-state index is 2.34. The summed E-state index contributed by atoms with van der Waals surface area (Å²) in [5.74, 6) is 0. The van der Waals surface area contributed by atoms with Crippen LogP contribution in [-0.2, 0) is 0 Å². The molecule has 0 aromatic heterocycles. The molecule has 0 N–H and O–H groups in total. The fraction of sp³-hybridized carbons (Fsp3) is 0.0400. The van der Waals surface area contributed by atoms with E-state index in [1.807, 2.05) is 0 Å². The molecule has 25 heavy (non-hydrogen) atoms. The number of hydrogen-bond donors (Lipinski definition) is 0. The van der Waals surface area contributed by atoms with E-state index in [2.05, 4.69) is 97.9 Å². The number of rotatable bonds is 1. The van der Waals surface area contributed by atoms with Gasteiger partial charge in [-0.05, 0) is 74.1 Å². The van der Waals surface area contributed by atoms with Crippen LogP contribution in [0.25, 0.3) is 43.4 Å². The van der Waals surface area contributed by atoms with Crippen LogP contribution in [-0.4, -0.2) is 0 Å². The fourth-order valence-corrected chi connectivity index (χ4v) is 3.85. The van der Waals surface area contributed by atoms with Crippen LogP contribution in [0.15, 0.2) is 91.0 Å². The van der Waals surface area contributed by atoms with Crippen molar-refractivity contribution in [1.82, 2.24) is 0 Å². The second-order valence-corrected chi connectivity index (χ2v) is 6.74. The van der Waals surface area contributed by atoms with E-state index in [4.69, 9.17) is 0 Å². The minimum Gasteiger partial charge on any atom is -0.0616 e. The monoisotopic (exact) mass is 318 g/mol. The first-order valence-electron chi connectivity index (χ1n) is 8.71. The summed E-state index contributed by atoms with van der Waals surface area (Å²) in [5, 5.41) is 7.79. The lowest BCUT2D eigenvalue weighted by Crippen LogP contribution is -1.87. The molecule has 0 aliphatic rings. The van der Waals surface area contributed by atoms with E-state index in [1.165, 1.54) is 49.0 Å². The quantitative estimate of drug-likeness (QED) is 0.289. The van der Waals surface area contributed by atoms with Crippen molar-refractivity contribution in [3.05, 3.63) is 96.6 Å². The molecule has 0 bridgehead atoms. The Morgan fingerprint density at radius 3 is 1.84 bits per heavy atom.